The van der Waals surface area contributed by atoms with Crippen LogP contribution < -0.4 is 0 Å². The van der Waals surface area contributed by atoms with Gasteiger partial charge in [0, 0.05) is 6.08 Å². The van der Waals surface area contributed by atoms with Gasteiger partial charge in [0.25, 0.3) is 0 Å². The van der Waals surface area contributed by atoms with E-state index in [1.54, 1.807) is 6.92 Å². The summed E-state index contributed by atoms with van der Waals surface area (Å²) in [5.74, 6) is 23.5. The van der Waals surface area contributed by atoms with Crippen LogP contribution in [0.5, 0.6) is 0 Å². The van der Waals surface area contributed by atoms with Crippen LogP contribution in [0.3, 0.4) is 0 Å². The van der Waals surface area contributed by atoms with Crippen molar-refractivity contribution in [2.45, 2.75) is 85.0 Å². The van der Waals surface area contributed by atoms with Gasteiger partial charge in [-0.1, -0.05) is 76.6 Å². The number of allylic oxidation sites excluding steroid dienone is 1. The summed E-state index contributed by atoms with van der Waals surface area (Å²) < 4.78 is 16.4. The Hall–Kier alpha value is -3.39. The predicted molar refractivity (Wildman–Crippen MR) is 133 cm³/mol. The highest BCUT2D eigenvalue weighted by atomic mass is 19.1. The molecular formula is C29H35FO3. The van der Waals surface area contributed by atoms with Crippen molar-refractivity contribution in [3.05, 3.63) is 12.2 Å². The topological polar surface area (TPSA) is 43.4 Å². The number of halogens is 1. The van der Waals surface area contributed by atoms with Gasteiger partial charge in [-0.3, -0.25) is 4.79 Å². The van der Waals surface area contributed by atoms with Crippen LogP contribution >= 0.6 is 0 Å². The Morgan fingerprint density at radius 3 is 1.70 bits per heavy atom. The molecule has 0 saturated carbocycles. The maximum atomic E-state index is 11.4. The van der Waals surface area contributed by atoms with Crippen LogP contribution in [0.1, 0.15) is 85.0 Å². The number of alkyl halides is 1. The minimum atomic E-state index is -0.687. The number of ether oxygens (including phenoxy) is 1. The van der Waals surface area contributed by atoms with Crippen LogP contribution in [0.15, 0.2) is 12.2 Å². The molecule has 0 aliphatic carbocycles. The van der Waals surface area contributed by atoms with Crippen molar-refractivity contribution in [3.8, 4) is 59.2 Å². The molecule has 0 heterocycles. The molecule has 0 bridgehead atoms. The molecule has 0 rings (SSSR count). The highest BCUT2D eigenvalue weighted by Crippen LogP contribution is 2.10. The monoisotopic (exact) mass is 450 g/mol. The molecule has 0 N–H and O–H groups in total. The van der Waals surface area contributed by atoms with Gasteiger partial charge in [-0.05, 0) is 73.7 Å². The van der Waals surface area contributed by atoms with Gasteiger partial charge in [0.15, 0.2) is 12.5 Å². The minimum Gasteiger partial charge on any atom is -0.463 e. The van der Waals surface area contributed by atoms with Crippen LogP contribution in [0.2, 0.25) is 0 Å². The fourth-order valence-electron chi connectivity index (χ4n) is 2.32. The Balaban J connectivity index is 0. The molecule has 0 aromatic heterocycles. The second-order valence-corrected chi connectivity index (χ2v) is 6.85. The van der Waals surface area contributed by atoms with Crippen LogP contribution in [-0.2, 0) is 14.3 Å². The molecule has 0 spiro atoms. The van der Waals surface area contributed by atoms with Crippen molar-refractivity contribution in [2.24, 2.45) is 0 Å². The summed E-state index contributed by atoms with van der Waals surface area (Å²) in [6, 6.07) is 0. The molecule has 0 unspecified atom stereocenters. The summed E-state index contributed by atoms with van der Waals surface area (Å²) in [4.78, 5) is 21.8. The average Bonchev–Trinajstić information content (AvgIpc) is 2.80. The first-order valence-corrected chi connectivity index (χ1v) is 11.4. The zero-order valence-electron chi connectivity index (χ0n) is 20.2. The lowest BCUT2D eigenvalue weighted by Gasteiger charge is -2.03. The fraction of sp³-hybridized carbons (Fsp3) is 0.517. The molecule has 33 heavy (non-hydrogen) atoms. The van der Waals surface area contributed by atoms with E-state index < -0.39 is 12.6 Å². The number of carbonyl (C=O) groups excluding carboxylic acids is 2. The quantitative estimate of drug-likeness (QED) is 0.159. The summed E-state index contributed by atoms with van der Waals surface area (Å²) in [6.45, 7) is 5.11. The lowest BCUT2D eigenvalue weighted by Crippen LogP contribution is -2.02. The van der Waals surface area contributed by atoms with E-state index >= 15 is 0 Å². The van der Waals surface area contributed by atoms with E-state index in [2.05, 4.69) is 66.1 Å². The first kappa shape index (κ1) is 31.8. The number of hydrogen-bond donors (Lipinski definition) is 0. The minimum absolute atomic E-state index is 0.138. The zero-order chi connectivity index (χ0) is 24.8. The van der Waals surface area contributed by atoms with E-state index in [1.165, 1.54) is 70.4 Å². The molecule has 0 aromatic carbocycles. The standard InChI is InChI=1S/C17H30O3.C12H5F/c1-3-4-5-6-7-8-9-10-11-12-15-20-17(19)14-13-16(2)18;1-2-3-4-5-6-7-8-9-10-11-12-13/h13-14H,3-12,15H2,1-2H3;12H2,1H3/b14-13+;. The molecule has 0 fully saturated rings. The number of ketones is 1. The molecule has 0 amide bonds. The number of unbranched alkanes of at least 4 members (excludes halogenated alkanes) is 9. The van der Waals surface area contributed by atoms with Gasteiger partial charge < -0.3 is 4.74 Å². The van der Waals surface area contributed by atoms with Gasteiger partial charge in [0.2, 0.25) is 0 Å². The first-order chi connectivity index (χ1) is 16.1. The molecule has 3 nitrogen and oxygen atoms in total. The Morgan fingerprint density at radius 2 is 1.21 bits per heavy atom. The largest absolute Gasteiger partial charge is 0.463 e. The van der Waals surface area contributed by atoms with E-state index in [4.69, 9.17) is 4.74 Å². The predicted octanol–water partition coefficient (Wildman–Crippen LogP) is 5.59. The van der Waals surface area contributed by atoms with Crippen molar-refractivity contribution in [1.29, 1.82) is 0 Å². The normalized spacial score (nSPS) is 8.36. The van der Waals surface area contributed by atoms with Crippen molar-refractivity contribution >= 4 is 11.8 Å². The Labute approximate surface area is 200 Å². The lowest BCUT2D eigenvalue weighted by atomic mass is 10.1. The van der Waals surface area contributed by atoms with Gasteiger partial charge in [0.1, 0.15) is 0 Å². The van der Waals surface area contributed by atoms with Crippen LogP contribution in [0.25, 0.3) is 0 Å². The Morgan fingerprint density at radius 1 is 0.727 bits per heavy atom. The number of rotatable bonds is 13. The van der Waals surface area contributed by atoms with E-state index in [-0.39, 0.29) is 5.78 Å². The highest BCUT2D eigenvalue weighted by Gasteiger charge is 1.97. The third-order valence-corrected chi connectivity index (χ3v) is 3.91. The highest BCUT2D eigenvalue weighted by molar-refractivity contribution is 5.94. The summed E-state index contributed by atoms with van der Waals surface area (Å²) in [5, 5.41) is 0. The number of esters is 1. The van der Waals surface area contributed by atoms with E-state index in [1.807, 2.05) is 0 Å². The van der Waals surface area contributed by atoms with Gasteiger partial charge in [-0.15, -0.1) is 0 Å². The van der Waals surface area contributed by atoms with Crippen molar-refractivity contribution < 1.29 is 18.7 Å². The van der Waals surface area contributed by atoms with Crippen molar-refractivity contribution in [3.63, 3.8) is 0 Å². The molecule has 176 valence electrons. The maximum Gasteiger partial charge on any atom is 0.330 e. The summed E-state index contributed by atoms with van der Waals surface area (Å²) in [7, 11) is 0. The van der Waals surface area contributed by atoms with Crippen LogP contribution in [0, 0.1) is 59.2 Å². The molecule has 4 heteroatoms. The molecule has 0 saturated heterocycles. The summed E-state index contributed by atoms with van der Waals surface area (Å²) >= 11 is 0. The SMILES string of the molecule is CC#CC#CC#CC#CC#CCF.CCCCCCCCCCCCOC(=O)/C=C/C(C)=O. The first-order valence-electron chi connectivity index (χ1n) is 11.4. The number of hydrogen-bond acceptors (Lipinski definition) is 3. The zero-order valence-corrected chi connectivity index (χ0v) is 20.2. The maximum absolute atomic E-state index is 11.4. The Kier molecular flexibility index (Phi) is 27.6. The van der Waals surface area contributed by atoms with Gasteiger partial charge in [-0.2, -0.15) is 0 Å². The third-order valence-electron chi connectivity index (χ3n) is 3.91. The van der Waals surface area contributed by atoms with E-state index in [0.29, 0.717) is 6.61 Å². The van der Waals surface area contributed by atoms with Crippen molar-refractivity contribution in [1.82, 2.24) is 0 Å². The van der Waals surface area contributed by atoms with Gasteiger partial charge in [0.05, 0.1) is 6.61 Å². The van der Waals surface area contributed by atoms with E-state index in [9.17, 15) is 14.0 Å². The van der Waals surface area contributed by atoms with E-state index in [0.717, 1.165) is 12.8 Å². The smallest absolute Gasteiger partial charge is 0.330 e. The van der Waals surface area contributed by atoms with Gasteiger partial charge >= 0.3 is 5.97 Å². The van der Waals surface area contributed by atoms with Gasteiger partial charge in [-0.25, -0.2) is 9.18 Å². The fourth-order valence-corrected chi connectivity index (χ4v) is 2.32. The third kappa shape index (κ3) is 33.4. The molecule has 0 atom stereocenters. The molecule has 0 aromatic rings. The number of carbonyl (C=O) groups is 2. The van der Waals surface area contributed by atoms with Crippen molar-refractivity contribution in [2.75, 3.05) is 13.3 Å². The lowest BCUT2D eigenvalue weighted by molar-refractivity contribution is -0.138. The summed E-state index contributed by atoms with van der Waals surface area (Å²) in [5.41, 5.74) is 0. The molecule has 0 aliphatic rings. The molecule has 0 aliphatic heterocycles. The molecular weight excluding hydrogens is 415 g/mol. The second kappa shape index (κ2) is 28.6. The Bertz CT molecular complexity index is 872. The average molecular weight is 451 g/mol. The molecule has 0 radical (unpaired) electrons. The van der Waals surface area contributed by atoms with Crippen LogP contribution in [-0.4, -0.2) is 25.0 Å². The summed E-state index contributed by atoms with van der Waals surface area (Å²) in [6.07, 6.45) is 15.0. The van der Waals surface area contributed by atoms with Crippen LogP contribution in [0.4, 0.5) is 4.39 Å². The second-order valence-electron chi connectivity index (χ2n) is 6.85.